The van der Waals surface area contributed by atoms with Crippen molar-refractivity contribution >= 4 is 5.91 Å². The number of hydrogen-bond donors (Lipinski definition) is 0. The van der Waals surface area contributed by atoms with Crippen LogP contribution in [0.4, 0.5) is 0 Å². The van der Waals surface area contributed by atoms with E-state index < -0.39 is 0 Å². The minimum Gasteiger partial charge on any atom is -0.339 e. The van der Waals surface area contributed by atoms with Crippen molar-refractivity contribution in [2.75, 3.05) is 26.2 Å². The highest BCUT2D eigenvalue weighted by molar-refractivity contribution is 5.84. The second kappa shape index (κ2) is 6.78. The van der Waals surface area contributed by atoms with Crippen LogP contribution in [0.25, 0.3) is 0 Å². The van der Waals surface area contributed by atoms with Gasteiger partial charge in [-0.3, -0.25) is 4.79 Å². The first-order chi connectivity index (χ1) is 11.8. The molecule has 0 N–H and O–H groups in total. The van der Waals surface area contributed by atoms with E-state index in [9.17, 15) is 4.79 Å². The lowest BCUT2D eigenvalue weighted by Crippen LogP contribution is -2.53. The predicted octanol–water partition coefficient (Wildman–Crippen LogP) is 1.32. The Morgan fingerprint density at radius 2 is 2.00 bits per heavy atom. The Bertz CT molecular complexity index is 555. The number of aryl methyl sites for hydroxylation is 1. The van der Waals surface area contributed by atoms with Gasteiger partial charge in [-0.1, -0.05) is 12.8 Å². The Morgan fingerprint density at radius 3 is 2.79 bits per heavy atom. The second-order valence-electron chi connectivity index (χ2n) is 7.77. The van der Waals surface area contributed by atoms with Crippen LogP contribution in [0.1, 0.15) is 51.4 Å². The number of nitrogens with zero attached hydrogens (tertiary/aromatic N) is 6. The largest absolute Gasteiger partial charge is 0.339 e. The maximum atomic E-state index is 13.2. The molecule has 0 aromatic carbocycles. The number of hydrogen-bond acceptors (Lipinski definition) is 5. The molecule has 1 amide bonds. The molecule has 7 heteroatoms. The van der Waals surface area contributed by atoms with Crippen LogP contribution in [0.3, 0.4) is 0 Å². The first-order valence-corrected chi connectivity index (χ1v) is 9.51. The molecule has 4 rings (SSSR count). The van der Waals surface area contributed by atoms with Gasteiger partial charge in [0.25, 0.3) is 0 Å². The zero-order chi connectivity index (χ0) is 16.4. The third kappa shape index (κ3) is 3.06. The first-order valence-electron chi connectivity index (χ1n) is 9.51. The van der Waals surface area contributed by atoms with Gasteiger partial charge in [-0.15, -0.1) is 5.10 Å². The molecular weight excluding hydrogens is 304 g/mol. The summed E-state index contributed by atoms with van der Waals surface area (Å²) in [6, 6.07) is 0.531. The van der Waals surface area contributed by atoms with Gasteiger partial charge >= 0.3 is 0 Å². The number of amides is 1. The number of aromatic nitrogens is 4. The molecule has 1 aromatic rings. The van der Waals surface area contributed by atoms with Gasteiger partial charge in [-0.25, -0.2) is 4.68 Å². The van der Waals surface area contributed by atoms with Crippen molar-refractivity contribution in [3.8, 4) is 0 Å². The van der Waals surface area contributed by atoms with Crippen molar-refractivity contribution in [3.05, 3.63) is 6.33 Å². The Labute approximate surface area is 143 Å². The van der Waals surface area contributed by atoms with E-state index in [1.54, 1.807) is 11.0 Å². The summed E-state index contributed by atoms with van der Waals surface area (Å²) >= 11 is 0. The standard InChI is InChI=1S/C17H28N6O/c24-16-17(7-3-11-23(16)15-5-1-2-6-15)8-12-21(13-17)9-4-10-22-14-18-19-20-22/h14-15H,1-13H2/t17-/m1/s1. The van der Waals surface area contributed by atoms with Crippen LogP contribution >= 0.6 is 0 Å². The molecule has 3 heterocycles. The molecule has 1 aromatic heterocycles. The Kier molecular flexibility index (Phi) is 4.52. The van der Waals surface area contributed by atoms with Crippen molar-refractivity contribution in [1.29, 1.82) is 0 Å². The summed E-state index contributed by atoms with van der Waals surface area (Å²) in [6.45, 7) is 4.87. The molecule has 2 saturated heterocycles. The minimum absolute atomic E-state index is 0.0876. The fourth-order valence-corrected chi connectivity index (χ4v) is 4.93. The summed E-state index contributed by atoms with van der Waals surface area (Å²) in [5.41, 5.74) is -0.0876. The highest BCUT2D eigenvalue weighted by Crippen LogP contribution is 2.42. The highest BCUT2D eigenvalue weighted by Gasteiger charge is 2.49. The van der Waals surface area contributed by atoms with E-state index in [-0.39, 0.29) is 5.41 Å². The van der Waals surface area contributed by atoms with Gasteiger partial charge in [-0.05, 0) is 62.0 Å². The molecule has 1 saturated carbocycles. The lowest BCUT2D eigenvalue weighted by Gasteiger charge is -2.42. The van der Waals surface area contributed by atoms with Crippen LogP contribution in [-0.2, 0) is 11.3 Å². The summed E-state index contributed by atoms with van der Waals surface area (Å²) in [5.74, 6) is 0.462. The number of tetrazole rings is 1. The van der Waals surface area contributed by atoms with Crippen LogP contribution in [0.2, 0.25) is 0 Å². The molecule has 132 valence electrons. The Hall–Kier alpha value is -1.50. The zero-order valence-corrected chi connectivity index (χ0v) is 14.4. The molecule has 0 radical (unpaired) electrons. The predicted molar refractivity (Wildman–Crippen MR) is 89.1 cm³/mol. The zero-order valence-electron chi connectivity index (χ0n) is 14.4. The van der Waals surface area contributed by atoms with Crippen LogP contribution < -0.4 is 0 Å². The first kappa shape index (κ1) is 16.0. The van der Waals surface area contributed by atoms with E-state index in [2.05, 4.69) is 25.3 Å². The van der Waals surface area contributed by atoms with E-state index in [1.807, 2.05) is 0 Å². The molecule has 2 aliphatic heterocycles. The smallest absolute Gasteiger partial charge is 0.230 e. The van der Waals surface area contributed by atoms with Gasteiger partial charge in [-0.2, -0.15) is 0 Å². The quantitative estimate of drug-likeness (QED) is 0.813. The average Bonchev–Trinajstić information content (AvgIpc) is 3.33. The maximum Gasteiger partial charge on any atom is 0.230 e. The lowest BCUT2D eigenvalue weighted by molar-refractivity contribution is -0.148. The van der Waals surface area contributed by atoms with Crippen LogP contribution in [0, 0.1) is 5.41 Å². The van der Waals surface area contributed by atoms with Gasteiger partial charge < -0.3 is 9.80 Å². The molecular formula is C17H28N6O. The minimum atomic E-state index is -0.0876. The summed E-state index contributed by atoms with van der Waals surface area (Å²) in [4.78, 5) is 17.9. The normalized spacial score (nSPS) is 29.2. The van der Waals surface area contributed by atoms with E-state index >= 15 is 0 Å². The fourth-order valence-electron chi connectivity index (χ4n) is 4.93. The van der Waals surface area contributed by atoms with Gasteiger partial charge in [0, 0.05) is 25.7 Å². The van der Waals surface area contributed by atoms with Crippen molar-refractivity contribution in [2.24, 2.45) is 5.41 Å². The molecule has 1 atom stereocenters. The monoisotopic (exact) mass is 332 g/mol. The van der Waals surface area contributed by atoms with Gasteiger partial charge in [0.2, 0.25) is 5.91 Å². The molecule has 0 unspecified atom stereocenters. The molecule has 3 aliphatic rings. The van der Waals surface area contributed by atoms with E-state index in [0.29, 0.717) is 11.9 Å². The van der Waals surface area contributed by atoms with Crippen molar-refractivity contribution in [3.63, 3.8) is 0 Å². The fraction of sp³-hybridized carbons (Fsp3) is 0.882. The third-order valence-corrected chi connectivity index (χ3v) is 6.22. The maximum absolute atomic E-state index is 13.2. The molecule has 7 nitrogen and oxygen atoms in total. The molecule has 3 fully saturated rings. The number of rotatable bonds is 5. The number of likely N-dealkylation sites (tertiary alicyclic amines) is 2. The van der Waals surface area contributed by atoms with E-state index in [1.165, 1.54) is 32.1 Å². The average molecular weight is 332 g/mol. The molecule has 0 bridgehead atoms. The van der Waals surface area contributed by atoms with Crippen LogP contribution in [0.15, 0.2) is 6.33 Å². The van der Waals surface area contributed by atoms with Crippen LogP contribution in [0.5, 0.6) is 0 Å². The lowest BCUT2D eigenvalue weighted by atomic mass is 9.77. The number of piperidine rings is 1. The Morgan fingerprint density at radius 1 is 1.12 bits per heavy atom. The van der Waals surface area contributed by atoms with E-state index in [0.717, 1.165) is 52.0 Å². The van der Waals surface area contributed by atoms with Crippen LogP contribution in [-0.4, -0.2) is 68.1 Å². The SMILES string of the molecule is O=C1N(C2CCCC2)CCC[C@]12CCN(CCCn1cnnn1)C2. The second-order valence-corrected chi connectivity index (χ2v) is 7.77. The summed E-state index contributed by atoms with van der Waals surface area (Å²) in [6.07, 6.45) is 11.0. The van der Waals surface area contributed by atoms with Crippen molar-refractivity contribution in [1.82, 2.24) is 30.0 Å². The van der Waals surface area contributed by atoms with Gasteiger partial charge in [0.15, 0.2) is 0 Å². The van der Waals surface area contributed by atoms with E-state index in [4.69, 9.17) is 0 Å². The number of carbonyl (C=O) groups excluding carboxylic acids is 1. The highest BCUT2D eigenvalue weighted by atomic mass is 16.2. The summed E-state index contributed by atoms with van der Waals surface area (Å²) in [5, 5.41) is 11.2. The molecule has 24 heavy (non-hydrogen) atoms. The van der Waals surface area contributed by atoms with Gasteiger partial charge in [0.1, 0.15) is 6.33 Å². The van der Waals surface area contributed by atoms with Crippen molar-refractivity contribution in [2.45, 2.75) is 64.0 Å². The molecule has 1 spiro atoms. The van der Waals surface area contributed by atoms with Crippen molar-refractivity contribution < 1.29 is 4.79 Å². The number of carbonyl (C=O) groups is 1. The topological polar surface area (TPSA) is 67.2 Å². The summed E-state index contributed by atoms with van der Waals surface area (Å²) < 4.78 is 1.78. The van der Waals surface area contributed by atoms with Gasteiger partial charge in [0.05, 0.1) is 5.41 Å². The summed E-state index contributed by atoms with van der Waals surface area (Å²) in [7, 11) is 0. The third-order valence-electron chi connectivity index (χ3n) is 6.22. The Balaban J connectivity index is 1.32. The molecule has 1 aliphatic carbocycles.